The minimum atomic E-state index is -0.284. The number of rotatable bonds is 5. The van der Waals surface area contributed by atoms with E-state index in [4.69, 9.17) is 4.42 Å². The van der Waals surface area contributed by atoms with Crippen LogP contribution in [0.25, 0.3) is 11.0 Å². The second kappa shape index (κ2) is 5.53. The minimum Gasteiger partial charge on any atom is -0.458 e. The molecular weight excluding hydrogens is 229 g/mol. The molecular formula is C15H20FNO. The van der Waals surface area contributed by atoms with Gasteiger partial charge in [-0.3, -0.25) is 0 Å². The van der Waals surface area contributed by atoms with Crippen LogP contribution in [0.2, 0.25) is 0 Å². The van der Waals surface area contributed by atoms with Gasteiger partial charge >= 0.3 is 0 Å². The van der Waals surface area contributed by atoms with E-state index in [9.17, 15) is 4.39 Å². The molecule has 1 N–H and O–H groups in total. The average molecular weight is 249 g/mol. The lowest BCUT2D eigenvalue weighted by atomic mass is 9.99. The average Bonchev–Trinajstić information content (AvgIpc) is 2.74. The summed E-state index contributed by atoms with van der Waals surface area (Å²) >= 11 is 0. The van der Waals surface area contributed by atoms with Gasteiger partial charge in [0.15, 0.2) is 11.4 Å². The third-order valence-corrected chi connectivity index (χ3v) is 3.42. The summed E-state index contributed by atoms with van der Waals surface area (Å²) in [4.78, 5) is 0. The molecule has 2 nitrogen and oxygen atoms in total. The van der Waals surface area contributed by atoms with Gasteiger partial charge in [0.05, 0.1) is 0 Å². The molecule has 18 heavy (non-hydrogen) atoms. The van der Waals surface area contributed by atoms with E-state index in [0.29, 0.717) is 17.5 Å². The minimum absolute atomic E-state index is 0.284. The van der Waals surface area contributed by atoms with E-state index in [1.165, 1.54) is 6.07 Å². The summed E-state index contributed by atoms with van der Waals surface area (Å²) in [5, 5.41) is 4.14. The van der Waals surface area contributed by atoms with Crippen molar-refractivity contribution in [1.29, 1.82) is 0 Å². The molecule has 1 aromatic heterocycles. The van der Waals surface area contributed by atoms with Crippen molar-refractivity contribution in [2.24, 2.45) is 5.92 Å². The number of nitrogens with one attached hydrogen (secondary N) is 1. The SMILES string of the molecule is CNC(CCc1cc2cccc(F)c2o1)C(C)C. The number of hydrogen-bond donors (Lipinski definition) is 1. The van der Waals surface area contributed by atoms with Crippen molar-refractivity contribution in [3.63, 3.8) is 0 Å². The fourth-order valence-electron chi connectivity index (χ4n) is 2.31. The molecule has 1 aromatic carbocycles. The molecule has 0 saturated heterocycles. The summed E-state index contributed by atoms with van der Waals surface area (Å²) in [5.74, 6) is 1.15. The van der Waals surface area contributed by atoms with Gasteiger partial charge < -0.3 is 9.73 Å². The largest absolute Gasteiger partial charge is 0.458 e. The topological polar surface area (TPSA) is 25.2 Å². The van der Waals surface area contributed by atoms with Crippen LogP contribution in [0, 0.1) is 11.7 Å². The maximum atomic E-state index is 13.5. The fraction of sp³-hybridized carbons (Fsp3) is 0.467. The van der Waals surface area contributed by atoms with Gasteiger partial charge in [0.1, 0.15) is 5.76 Å². The summed E-state index contributed by atoms with van der Waals surface area (Å²) in [7, 11) is 1.98. The number of benzene rings is 1. The highest BCUT2D eigenvalue weighted by molar-refractivity contribution is 5.78. The number of aryl methyl sites for hydroxylation is 1. The first kappa shape index (κ1) is 13.1. The van der Waals surface area contributed by atoms with Crippen molar-refractivity contribution in [2.75, 3.05) is 7.05 Å². The molecule has 0 aliphatic carbocycles. The zero-order valence-electron chi connectivity index (χ0n) is 11.2. The van der Waals surface area contributed by atoms with Crippen LogP contribution in [0.4, 0.5) is 4.39 Å². The summed E-state index contributed by atoms with van der Waals surface area (Å²) < 4.78 is 19.1. The maximum Gasteiger partial charge on any atom is 0.169 e. The molecule has 0 radical (unpaired) electrons. The zero-order valence-corrected chi connectivity index (χ0v) is 11.2. The predicted molar refractivity (Wildman–Crippen MR) is 72.2 cm³/mol. The molecule has 0 bridgehead atoms. The Labute approximate surface area is 107 Å². The van der Waals surface area contributed by atoms with Crippen LogP contribution in [0.1, 0.15) is 26.0 Å². The number of furan rings is 1. The maximum absolute atomic E-state index is 13.5. The van der Waals surface area contributed by atoms with E-state index in [1.54, 1.807) is 6.07 Å². The van der Waals surface area contributed by atoms with Crippen LogP contribution >= 0.6 is 0 Å². The van der Waals surface area contributed by atoms with Gasteiger partial charge in [-0.25, -0.2) is 4.39 Å². The normalized spacial score (nSPS) is 13.4. The Balaban J connectivity index is 2.10. The predicted octanol–water partition coefficient (Wildman–Crippen LogP) is 3.75. The molecule has 3 heteroatoms. The summed E-state index contributed by atoms with van der Waals surface area (Å²) in [6, 6.07) is 7.42. The van der Waals surface area contributed by atoms with Crippen molar-refractivity contribution >= 4 is 11.0 Å². The first-order valence-corrected chi connectivity index (χ1v) is 6.46. The molecule has 1 unspecified atom stereocenters. The fourth-order valence-corrected chi connectivity index (χ4v) is 2.31. The van der Waals surface area contributed by atoms with Gasteiger partial charge in [-0.2, -0.15) is 0 Å². The molecule has 1 atom stereocenters. The molecule has 0 spiro atoms. The van der Waals surface area contributed by atoms with Crippen molar-refractivity contribution in [3.8, 4) is 0 Å². The molecule has 0 aliphatic rings. The van der Waals surface area contributed by atoms with Crippen LogP contribution in [-0.2, 0) is 6.42 Å². The highest BCUT2D eigenvalue weighted by Gasteiger charge is 2.13. The number of fused-ring (bicyclic) bond motifs is 1. The first-order valence-electron chi connectivity index (χ1n) is 6.46. The number of hydrogen-bond acceptors (Lipinski definition) is 2. The van der Waals surface area contributed by atoms with E-state index in [1.807, 2.05) is 19.2 Å². The summed E-state index contributed by atoms with van der Waals surface area (Å²) in [5.41, 5.74) is 0.373. The Bertz CT molecular complexity index is 518. The second-order valence-electron chi connectivity index (χ2n) is 5.05. The third kappa shape index (κ3) is 2.72. The van der Waals surface area contributed by atoms with Crippen molar-refractivity contribution < 1.29 is 8.81 Å². The Kier molecular flexibility index (Phi) is 4.02. The van der Waals surface area contributed by atoms with Gasteiger partial charge in [-0.15, -0.1) is 0 Å². The first-order chi connectivity index (χ1) is 8.61. The lowest BCUT2D eigenvalue weighted by Crippen LogP contribution is -2.30. The molecule has 0 amide bonds. The van der Waals surface area contributed by atoms with Crippen LogP contribution in [0.3, 0.4) is 0 Å². The Morgan fingerprint density at radius 1 is 1.33 bits per heavy atom. The van der Waals surface area contributed by atoms with Gasteiger partial charge in [-0.1, -0.05) is 26.0 Å². The Morgan fingerprint density at radius 2 is 2.11 bits per heavy atom. The number of halogens is 1. The van der Waals surface area contributed by atoms with E-state index in [2.05, 4.69) is 19.2 Å². The van der Waals surface area contributed by atoms with Crippen molar-refractivity contribution in [1.82, 2.24) is 5.32 Å². The molecule has 0 saturated carbocycles. The zero-order chi connectivity index (χ0) is 13.1. The van der Waals surface area contributed by atoms with E-state index >= 15 is 0 Å². The van der Waals surface area contributed by atoms with E-state index in [-0.39, 0.29) is 5.82 Å². The molecule has 1 heterocycles. The van der Waals surface area contributed by atoms with E-state index in [0.717, 1.165) is 24.0 Å². The standard InChI is InChI=1S/C15H20FNO/c1-10(2)14(17-3)8-7-12-9-11-5-4-6-13(16)15(11)18-12/h4-6,9-10,14,17H,7-8H2,1-3H3. The molecule has 0 fully saturated rings. The van der Waals surface area contributed by atoms with Gasteiger partial charge in [0.25, 0.3) is 0 Å². The second-order valence-corrected chi connectivity index (χ2v) is 5.05. The Morgan fingerprint density at radius 3 is 2.72 bits per heavy atom. The highest BCUT2D eigenvalue weighted by atomic mass is 19.1. The van der Waals surface area contributed by atoms with Crippen LogP contribution in [-0.4, -0.2) is 13.1 Å². The molecule has 98 valence electrons. The third-order valence-electron chi connectivity index (χ3n) is 3.42. The Hall–Kier alpha value is -1.35. The quantitative estimate of drug-likeness (QED) is 0.873. The monoisotopic (exact) mass is 249 g/mol. The molecule has 0 aliphatic heterocycles. The van der Waals surface area contributed by atoms with Crippen molar-refractivity contribution in [2.45, 2.75) is 32.7 Å². The van der Waals surface area contributed by atoms with Crippen molar-refractivity contribution in [3.05, 3.63) is 35.8 Å². The van der Waals surface area contributed by atoms with Gasteiger partial charge in [0.2, 0.25) is 0 Å². The highest BCUT2D eigenvalue weighted by Crippen LogP contribution is 2.23. The summed E-state index contributed by atoms with van der Waals surface area (Å²) in [6.45, 7) is 4.39. The van der Waals surface area contributed by atoms with Crippen LogP contribution < -0.4 is 5.32 Å². The van der Waals surface area contributed by atoms with Crippen LogP contribution in [0.15, 0.2) is 28.7 Å². The van der Waals surface area contributed by atoms with Crippen LogP contribution in [0.5, 0.6) is 0 Å². The number of para-hydroxylation sites is 1. The smallest absolute Gasteiger partial charge is 0.169 e. The lowest BCUT2D eigenvalue weighted by molar-refractivity contribution is 0.389. The van der Waals surface area contributed by atoms with Gasteiger partial charge in [0, 0.05) is 17.8 Å². The van der Waals surface area contributed by atoms with E-state index < -0.39 is 0 Å². The molecule has 2 rings (SSSR count). The molecule has 2 aromatic rings. The lowest BCUT2D eigenvalue weighted by Gasteiger charge is -2.19. The van der Waals surface area contributed by atoms with Gasteiger partial charge in [-0.05, 0) is 31.5 Å². The summed E-state index contributed by atoms with van der Waals surface area (Å²) in [6.07, 6.45) is 1.83.